The molecule has 1 saturated carbocycles. The molecule has 0 aromatic heterocycles. The third-order valence-electron chi connectivity index (χ3n) is 4.83. The summed E-state index contributed by atoms with van der Waals surface area (Å²) in [4.78, 5) is 26.5. The number of esters is 1. The van der Waals surface area contributed by atoms with Crippen molar-refractivity contribution in [3.63, 3.8) is 0 Å². The molecule has 2 fully saturated rings. The maximum atomic E-state index is 12.6. The van der Waals surface area contributed by atoms with Crippen molar-refractivity contribution >= 4 is 35.1 Å². The molecule has 1 aliphatic heterocycles. The SMILES string of the molecule is O=C1OC(c2cccc(Cl)c2)C(c2ccc(Cl)cc2)N(CC2CC2)C1=O. The Bertz CT molecular complexity index is 848. The third kappa shape index (κ3) is 3.44. The van der Waals surface area contributed by atoms with Gasteiger partial charge in [-0.3, -0.25) is 4.79 Å². The summed E-state index contributed by atoms with van der Waals surface area (Å²) in [7, 11) is 0. The maximum absolute atomic E-state index is 12.6. The van der Waals surface area contributed by atoms with E-state index in [9.17, 15) is 9.59 Å². The summed E-state index contributed by atoms with van der Waals surface area (Å²) in [6.07, 6.45) is 1.54. The normalized spacial score (nSPS) is 23.1. The number of carbonyl (C=O) groups excluding carboxylic acids is 2. The van der Waals surface area contributed by atoms with E-state index in [0.717, 1.165) is 24.0 Å². The zero-order valence-electron chi connectivity index (χ0n) is 13.9. The molecule has 2 aliphatic rings. The Balaban J connectivity index is 1.79. The molecule has 0 N–H and O–H groups in total. The number of nitrogens with zero attached hydrogens (tertiary/aromatic N) is 1. The molecule has 2 aromatic rings. The second kappa shape index (κ2) is 6.93. The summed E-state index contributed by atoms with van der Waals surface area (Å²) in [5.74, 6) is -0.962. The van der Waals surface area contributed by atoms with E-state index in [2.05, 4.69) is 0 Å². The molecule has 1 heterocycles. The molecule has 2 aromatic carbocycles. The van der Waals surface area contributed by atoms with Crippen LogP contribution in [0.4, 0.5) is 0 Å². The van der Waals surface area contributed by atoms with Crippen molar-refractivity contribution in [2.75, 3.05) is 6.54 Å². The van der Waals surface area contributed by atoms with Crippen molar-refractivity contribution in [1.82, 2.24) is 4.90 Å². The molecular weight excluding hydrogens is 373 g/mol. The number of cyclic esters (lactones) is 1. The minimum absolute atomic E-state index is 0.406. The summed E-state index contributed by atoms with van der Waals surface area (Å²) in [6, 6.07) is 14.1. The second-order valence-electron chi connectivity index (χ2n) is 6.78. The van der Waals surface area contributed by atoms with E-state index in [0.29, 0.717) is 22.5 Å². The van der Waals surface area contributed by atoms with Crippen LogP contribution in [0, 0.1) is 5.92 Å². The number of carbonyl (C=O) groups is 2. The molecule has 4 rings (SSSR count). The summed E-state index contributed by atoms with van der Waals surface area (Å²) >= 11 is 12.2. The second-order valence-corrected chi connectivity index (χ2v) is 7.65. The molecule has 0 spiro atoms. The fraction of sp³-hybridized carbons (Fsp3) is 0.300. The van der Waals surface area contributed by atoms with Gasteiger partial charge in [-0.25, -0.2) is 4.79 Å². The van der Waals surface area contributed by atoms with Gasteiger partial charge in [0, 0.05) is 16.6 Å². The van der Waals surface area contributed by atoms with Crippen LogP contribution in [0.5, 0.6) is 0 Å². The number of morpholine rings is 1. The van der Waals surface area contributed by atoms with E-state index in [4.69, 9.17) is 27.9 Å². The van der Waals surface area contributed by atoms with Crippen LogP contribution < -0.4 is 0 Å². The average Bonchev–Trinajstić information content (AvgIpc) is 3.44. The number of rotatable bonds is 4. The summed E-state index contributed by atoms with van der Waals surface area (Å²) < 4.78 is 5.55. The van der Waals surface area contributed by atoms with Gasteiger partial charge in [0.2, 0.25) is 0 Å². The van der Waals surface area contributed by atoms with Crippen LogP contribution in [0.3, 0.4) is 0 Å². The predicted octanol–water partition coefficient (Wildman–Crippen LogP) is 4.57. The highest BCUT2D eigenvalue weighted by Crippen LogP contribution is 2.43. The topological polar surface area (TPSA) is 46.6 Å². The summed E-state index contributed by atoms with van der Waals surface area (Å²) in [5.41, 5.74) is 1.64. The molecular formula is C20H17Cl2NO3. The molecule has 0 bridgehead atoms. The van der Waals surface area contributed by atoms with Gasteiger partial charge in [-0.1, -0.05) is 47.5 Å². The Hall–Kier alpha value is -2.04. The van der Waals surface area contributed by atoms with Crippen molar-refractivity contribution in [2.24, 2.45) is 5.92 Å². The van der Waals surface area contributed by atoms with Crippen LogP contribution in [-0.4, -0.2) is 23.3 Å². The van der Waals surface area contributed by atoms with E-state index >= 15 is 0 Å². The van der Waals surface area contributed by atoms with Crippen molar-refractivity contribution < 1.29 is 14.3 Å². The molecule has 4 nitrogen and oxygen atoms in total. The molecule has 1 amide bonds. The first kappa shape index (κ1) is 17.4. The van der Waals surface area contributed by atoms with Crippen molar-refractivity contribution in [3.8, 4) is 0 Å². The van der Waals surface area contributed by atoms with Gasteiger partial charge in [-0.15, -0.1) is 0 Å². The number of benzene rings is 2. The number of hydrogen-bond acceptors (Lipinski definition) is 3. The quantitative estimate of drug-likeness (QED) is 0.568. The van der Waals surface area contributed by atoms with Crippen LogP contribution in [0.25, 0.3) is 0 Å². The maximum Gasteiger partial charge on any atom is 0.397 e. The zero-order valence-corrected chi connectivity index (χ0v) is 15.4. The van der Waals surface area contributed by atoms with Gasteiger partial charge in [0.05, 0.1) is 6.04 Å². The van der Waals surface area contributed by atoms with Gasteiger partial charge in [0.15, 0.2) is 6.10 Å². The van der Waals surface area contributed by atoms with Gasteiger partial charge in [-0.2, -0.15) is 0 Å². The number of halogens is 2. The lowest BCUT2D eigenvalue weighted by Crippen LogP contribution is -2.49. The number of ether oxygens (including phenoxy) is 1. The van der Waals surface area contributed by atoms with Crippen LogP contribution >= 0.6 is 23.2 Å². The van der Waals surface area contributed by atoms with Crippen molar-refractivity contribution in [2.45, 2.75) is 25.0 Å². The molecule has 1 aliphatic carbocycles. The lowest BCUT2D eigenvalue weighted by Gasteiger charge is -2.40. The fourth-order valence-electron chi connectivity index (χ4n) is 3.36. The number of amides is 1. The third-order valence-corrected chi connectivity index (χ3v) is 5.32. The summed E-state index contributed by atoms with van der Waals surface area (Å²) in [5, 5.41) is 1.17. The Morgan fingerprint density at radius 3 is 2.35 bits per heavy atom. The highest BCUT2D eigenvalue weighted by molar-refractivity contribution is 6.33. The molecule has 2 atom stereocenters. The Morgan fingerprint density at radius 2 is 1.69 bits per heavy atom. The molecule has 0 radical (unpaired) electrons. The largest absolute Gasteiger partial charge is 0.448 e. The smallest absolute Gasteiger partial charge is 0.397 e. The zero-order chi connectivity index (χ0) is 18.3. The minimum atomic E-state index is -0.819. The highest BCUT2D eigenvalue weighted by atomic mass is 35.5. The van der Waals surface area contributed by atoms with Crippen LogP contribution in [0.15, 0.2) is 48.5 Å². The van der Waals surface area contributed by atoms with Crippen molar-refractivity contribution in [3.05, 3.63) is 69.7 Å². The lowest BCUT2D eigenvalue weighted by atomic mass is 9.92. The van der Waals surface area contributed by atoms with Crippen LogP contribution in [0.1, 0.15) is 36.1 Å². The summed E-state index contributed by atoms with van der Waals surface area (Å²) in [6.45, 7) is 0.554. The molecule has 134 valence electrons. The Labute approximate surface area is 161 Å². The van der Waals surface area contributed by atoms with Gasteiger partial charge in [-0.05, 0) is 54.2 Å². The van der Waals surface area contributed by atoms with Gasteiger partial charge >= 0.3 is 11.9 Å². The average molecular weight is 390 g/mol. The van der Waals surface area contributed by atoms with Crippen LogP contribution in [-0.2, 0) is 14.3 Å². The molecule has 26 heavy (non-hydrogen) atoms. The lowest BCUT2D eigenvalue weighted by molar-refractivity contribution is -0.179. The molecule has 2 unspecified atom stereocenters. The van der Waals surface area contributed by atoms with E-state index < -0.39 is 24.0 Å². The van der Waals surface area contributed by atoms with Crippen molar-refractivity contribution in [1.29, 1.82) is 0 Å². The Kier molecular flexibility index (Phi) is 4.63. The van der Waals surface area contributed by atoms with Gasteiger partial charge < -0.3 is 9.64 Å². The first-order valence-electron chi connectivity index (χ1n) is 8.55. The molecule has 1 saturated heterocycles. The number of hydrogen-bond donors (Lipinski definition) is 0. The monoisotopic (exact) mass is 389 g/mol. The van der Waals surface area contributed by atoms with Gasteiger partial charge in [0.25, 0.3) is 0 Å². The van der Waals surface area contributed by atoms with Gasteiger partial charge in [0.1, 0.15) is 0 Å². The van der Waals surface area contributed by atoms with E-state index in [1.165, 1.54) is 0 Å². The molecule has 6 heteroatoms. The van der Waals surface area contributed by atoms with E-state index in [1.54, 1.807) is 29.2 Å². The highest BCUT2D eigenvalue weighted by Gasteiger charge is 2.45. The minimum Gasteiger partial charge on any atom is -0.448 e. The van der Waals surface area contributed by atoms with Crippen LogP contribution in [0.2, 0.25) is 10.0 Å². The van der Waals surface area contributed by atoms with E-state index in [1.807, 2.05) is 24.3 Å². The standard InChI is InChI=1S/C20H17Cl2NO3/c21-15-8-6-13(7-9-15)17-18(14-2-1-3-16(22)10-14)26-20(25)19(24)23(17)11-12-4-5-12/h1-3,6-10,12,17-18H,4-5,11H2. The fourth-order valence-corrected chi connectivity index (χ4v) is 3.69. The first-order chi connectivity index (χ1) is 12.5. The first-order valence-corrected chi connectivity index (χ1v) is 9.31. The van der Waals surface area contributed by atoms with E-state index in [-0.39, 0.29) is 0 Å². The predicted molar refractivity (Wildman–Crippen MR) is 98.9 cm³/mol. The Morgan fingerprint density at radius 1 is 0.962 bits per heavy atom.